The predicted molar refractivity (Wildman–Crippen MR) is 59.4 cm³/mol. The molecule has 3 N–H and O–H groups in total. The number of anilines is 1. The van der Waals surface area contributed by atoms with Crippen LogP contribution in [0.3, 0.4) is 0 Å². The minimum atomic E-state index is 0.330. The zero-order valence-corrected chi connectivity index (χ0v) is 9.14. The summed E-state index contributed by atoms with van der Waals surface area (Å²) in [5.41, 5.74) is 6.70. The minimum absolute atomic E-state index is 0.330. The van der Waals surface area contributed by atoms with E-state index in [1.165, 1.54) is 4.88 Å². The Morgan fingerprint density at radius 3 is 3.14 bits per heavy atom. The summed E-state index contributed by atoms with van der Waals surface area (Å²) in [5.74, 6) is 0. The number of nitrogens with two attached hydrogens (primary N) is 1. The summed E-state index contributed by atoms with van der Waals surface area (Å²) in [6.45, 7) is 3.85. The highest BCUT2D eigenvalue weighted by Crippen LogP contribution is 2.20. The lowest BCUT2D eigenvalue weighted by Gasteiger charge is -2.15. The first kappa shape index (κ1) is 9.96. The van der Waals surface area contributed by atoms with Crippen molar-refractivity contribution in [2.45, 2.75) is 32.0 Å². The molecule has 2 rings (SSSR count). The Bertz CT molecular complexity index is 300. The maximum atomic E-state index is 5.80. The molecule has 0 aromatic carbocycles. The van der Waals surface area contributed by atoms with Crippen LogP contribution in [0.1, 0.15) is 18.2 Å². The number of nitrogen functional groups attached to an aromatic ring is 1. The van der Waals surface area contributed by atoms with E-state index in [4.69, 9.17) is 10.5 Å². The molecule has 3 nitrogen and oxygen atoms in total. The molecule has 0 bridgehead atoms. The van der Waals surface area contributed by atoms with Crippen LogP contribution in [-0.4, -0.2) is 18.8 Å². The maximum absolute atomic E-state index is 5.80. The smallest absolute Gasteiger partial charge is 0.0700 e. The molecule has 1 aromatic rings. The van der Waals surface area contributed by atoms with Crippen molar-refractivity contribution >= 4 is 17.0 Å². The van der Waals surface area contributed by atoms with Gasteiger partial charge >= 0.3 is 0 Å². The summed E-state index contributed by atoms with van der Waals surface area (Å²) in [6.07, 6.45) is 1.43. The van der Waals surface area contributed by atoms with Crippen LogP contribution >= 0.6 is 11.3 Å². The molecule has 1 saturated heterocycles. The lowest BCUT2D eigenvalue weighted by molar-refractivity contribution is 0.113. The molecule has 2 unspecified atom stereocenters. The van der Waals surface area contributed by atoms with Crippen molar-refractivity contribution < 1.29 is 4.74 Å². The molecule has 2 atom stereocenters. The molecule has 0 radical (unpaired) electrons. The van der Waals surface area contributed by atoms with Gasteiger partial charge in [-0.3, -0.25) is 0 Å². The molecule has 0 aliphatic carbocycles. The summed E-state index contributed by atoms with van der Waals surface area (Å²) in [5, 5.41) is 5.51. The molecule has 78 valence electrons. The third-order valence-electron chi connectivity index (χ3n) is 2.68. The van der Waals surface area contributed by atoms with Crippen molar-refractivity contribution in [2.75, 3.05) is 12.3 Å². The molecule has 14 heavy (non-hydrogen) atoms. The van der Waals surface area contributed by atoms with Gasteiger partial charge in [0.25, 0.3) is 0 Å². The quantitative estimate of drug-likeness (QED) is 0.800. The molecule has 1 aromatic heterocycles. The molecule has 0 spiro atoms. The van der Waals surface area contributed by atoms with Gasteiger partial charge < -0.3 is 15.8 Å². The summed E-state index contributed by atoms with van der Waals surface area (Å²) in [4.78, 5) is 1.23. The van der Waals surface area contributed by atoms with Gasteiger partial charge in [-0.2, -0.15) is 0 Å². The highest BCUT2D eigenvalue weighted by Gasteiger charge is 2.23. The van der Waals surface area contributed by atoms with E-state index in [0.29, 0.717) is 12.1 Å². The summed E-state index contributed by atoms with van der Waals surface area (Å²) in [6, 6.07) is 2.44. The van der Waals surface area contributed by atoms with Gasteiger partial charge in [0.1, 0.15) is 0 Å². The summed E-state index contributed by atoms with van der Waals surface area (Å²) >= 11 is 1.71. The van der Waals surface area contributed by atoms with E-state index in [-0.39, 0.29) is 0 Å². The minimum Gasteiger partial charge on any atom is -0.398 e. The Labute approximate surface area is 88.3 Å². The summed E-state index contributed by atoms with van der Waals surface area (Å²) in [7, 11) is 0. The van der Waals surface area contributed by atoms with Crippen LogP contribution in [0.4, 0.5) is 5.69 Å². The fraction of sp³-hybridized carbons (Fsp3) is 0.600. The van der Waals surface area contributed by atoms with Gasteiger partial charge in [0.05, 0.1) is 6.10 Å². The first-order valence-corrected chi connectivity index (χ1v) is 5.82. The van der Waals surface area contributed by atoms with Crippen molar-refractivity contribution in [2.24, 2.45) is 0 Å². The third kappa shape index (κ3) is 2.08. The lowest BCUT2D eigenvalue weighted by Crippen LogP contribution is -2.34. The third-order valence-corrected chi connectivity index (χ3v) is 3.62. The normalized spacial score (nSPS) is 26.9. The molecule has 1 aliphatic heterocycles. The largest absolute Gasteiger partial charge is 0.398 e. The van der Waals surface area contributed by atoms with Gasteiger partial charge in [-0.05, 0) is 24.8 Å². The average molecular weight is 212 g/mol. The molecular formula is C10H16N2OS. The van der Waals surface area contributed by atoms with Crippen LogP contribution in [0.15, 0.2) is 11.4 Å². The topological polar surface area (TPSA) is 47.3 Å². The van der Waals surface area contributed by atoms with E-state index in [0.717, 1.165) is 25.3 Å². The molecular weight excluding hydrogens is 196 g/mol. The monoisotopic (exact) mass is 212 g/mol. The Balaban J connectivity index is 1.85. The number of hydrogen-bond acceptors (Lipinski definition) is 4. The average Bonchev–Trinajstić information content (AvgIpc) is 2.72. The first-order valence-electron chi connectivity index (χ1n) is 4.94. The first-order chi connectivity index (χ1) is 6.77. The fourth-order valence-corrected chi connectivity index (χ4v) is 2.47. The Morgan fingerprint density at radius 1 is 1.71 bits per heavy atom. The molecule has 0 amide bonds. The van der Waals surface area contributed by atoms with Gasteiger partial charge in [0, 0.05) is 29.8 Å². The Hall–Kier alpha value is -0.580. The zero-order valence-electron chi connectivity index (χ0n) is 8.32. The second-order valence-electron chi connectivity index (χ2n) is 3.65. The van der Waals surface area contributed by atoms with Crippen molar-refractivity contribution in [3.63, 3.8) is 0 Å². The number of nitrogens with one attached hydrogen (secondary N) is 1. The van der Waals surface area contributed by atoms with E-state index in [2.05, 4.69) is 12.2 Å². The Morgan fingerprint density at radius 2 is 2.57 bits per heavy atom. The second kappa shape index (κ2) is 4.29. The second-order valence-corrected chi connectivity index (χ2v) is 4.65. The highest BCUT2D eigenvalue weighted by molar-refractivity contribution is 7.10. The van der Waals surface area contributed by atoms with Crippen LogP contribution in [0.2, 0.25) is 0 Å². The lowest BCUT2D eigenvalue weighted by atomic mass is 10.1. The van der Waals surface area contributed by atoms with Crippen molar-refractivity contribution in [1.82, 2.24) is 5.32 Å². The van der Waals surface area contributed by atoms with Crippen LogP contribution in [0, 0.1) is 0 Å². The molecule has 4 heteroatoms. The van der Waals surface area contributed by atoms with Gasteiger partial charge in [0.2, 0.25) is 0 Å². The van der Waals surface area contributed by atoms with Crippen LogP contribution in [0.5, 0.6) is 0 Å². The van der Waals surface area contributed by atoms with E-state index < -0.39 is 0 Å². The van der Waals surface area contributed by atoms with E-state index in [1.807, 2.05) is 11.4 Å². The Kier molecular flexibility index (Phi) is 3.05. The van der Waals surface area contributed by atoms with Crippen LogP contribution < -0.4 is 11.1 Å². The number of hydrogen-bond donors (Lipinski definition) is 2. The standard InChI is InChI=1S/C10H16N2OS/c1-7-9(2-4-13-7)12-6-10-8(11)3-5-14-10/h3,5,7,9,12H,2,4,6,11H2,1H3. The predicted octanol–water partition coefficient (Wildman–Crippen LogP) is 1.60. The number of thiophene rings is 1. The van der Waals surface area contributed by atoms with Gasteiger partial charge in [-0.1, -0.05) is 0 Å². The molecule has 1 aliphatic rings. The van der Waals surface area contributed by atoms with E-state index in [9.17, 15) is 0 Å². The van der Waals surface area contributed by atoms with E-state index >= 15 is 0 Å². The highest BCUT2D eigenvalue weighted by atomic mass is 32.1. The molecule has 0 saturated carbocycles. The fourth-order valence-electron chi connectivity index (χ4n) is 1.72. The van der Waals surface area contributed by atoms with Crippen molar-refractivity contribution in [1.29, 1.82) is 0 Å². The van der Waals surface area contributed by atoms with Crippen molar-refractivity contribution in [3.8, 4) is 0 Å². The van der Waals surface area contributed by atoms with Gasteiger partial charge in [-0.25, -0.2) is 0 Å². The van der Waals surface area contributed by atoms with Crippen molar-refractivity contribution in [3.05, 3.63) is 16.3 Å². The van der Waals surface area contributed by atoms with Gasteiger partial charge in [0.15, 0.2) is 0 Å². The van der Waals surface area contributed by atoms with Crippen LogP contribution in [-0.2, 0) is 11.3 Å². The van der Waals surface area contributed by atoms with Crippen LogP contribution in [0.25, 0.3) is 0 Å². The number of rotatable bonds is 3. The molecule has 1 fully saturated rings. The summed E-state index contributed by atoms with van der Waals surface area (Å²) < 4.78 is 5.48. The van der Waals surface area contributed by atoms with Gasteiger partial charge in [-0.15, -0.1) is 11.3 Å². The zero-order chi connectivity index (χ0) is 9.97. The maximum Gasteiger partial charge on any atom is 0.0700 e. The molecule has 2 heterocycles. The van der Waals surface area contributed by atoms with E-state index in [1.54, 1.807) is 11.3 Å². The number of ether oxygens (including phenoxy) is 1. The SMILES string of the molecule is CC1OCCC1NCc1sccc1N.